The Morgan fingerprint density at radius 3 is 2.59 bits per heavy atom. The number of hydrogen-bond donors (Lipinski definition) is 2. The predicted octanol–water partition coefficient (Wildman–Crippen LogP) is 1.16. The third kappa shape index (κ3) is 6.19. The van der Waals surface area contributed by atoms with E-state index in [-0.39, 0.29) is 35.0 Å². The quantitative estimate of drug-likeness (QED) is 0.366. The number of carbonyl (C=O) groups excluding carboxylic acids is 4. The lowest BCUT2D eigenvalue weighted by molar-refractivity contribution is -0.855. The van der Waals surface area contributed by atoms with Gasteiger partial charge in [0.1, 0.15) is 18.9 Å². The molecular formula is C29H35N4O6+. The summed E-state index contributed by atoms with van der Waals surface area (Å²) in [6, 6.07) is 12.5. The van der Waals surface area contributed by atoms with E-state index in [2.05, 4.69) is 15.5 Å². The molecule has 2 atom stereocenters. The second-order valence-corrected chi connectivity index (χ2v) is 10.6. The van der Waals surface area contributed by atoms with Crippen molar-refractivity contribution in [2.45, 2.75) is 38.4 Å². The maximum absolute atomic E-state index is 13.2. The number of carbonyl (C=O) groups is 4. The van der Waals surface area contributed by atoms with Gasteiger partial charge in [0, 0.05) is 44.6 Å². The standard InChI is InChI=1S/C29H34N4O6/c1-33(25-8-9-26(34)31-28(25)36)19-22-16-21(4-7-24(22)29(33)37)18-30-27(35)17-20-2-5-23(6-3-20)39-15-12-32-10-13-38-14-11-32/h2-7,16,25H,8-15,17-19H2,1H3,(H-,30,31,34,35,36)/p+1. The minimum atomic E-state index is -0.590. The lowest BCUT2D eigenvalue weighted by Gasteiger charge is -2.35. The maximum Gasteiger partial charge on any atom is 0.347 e. The van der Waals surface area contributed by atoms with Crippen LogP contribution in [-0.4, -0.2) is 85.6 Å². The van der Waals surface area contributed by atoms with Crippen molar-refractivity contribution in [3.05, 3.63) is 64.7 Å². The van der Waals surface area contributed by atoms with Crippen LogP contribution in [0.4, 0.5) is 0 Å². The second-order valence-electron chi connectivity index (χ2n) is 10.6. The SMILES string of the molecule is C[N+]1(C2CCC(=O)NC2=O)Cc2cc(CNC(=O)Cc3ccc(OCCN4CCOCC4)cc3)ccc2C1=O. The predicted molar refractivity (Wildman–Crippen MR) is 142 cm³/mol. The van der Waals surface area contributed by atoms with Crippen LogP contribution >= 0.6 is 0 Å². The molecule has 4 amide bonds. The topological polar surface area (TPSA) is 114 Å². The molecule has 0 spiro atoms. The van der Waals surface area contributed by atoms with Crippen molar-refractivity contribution in [1.29, 1.82) is 0 Å². The Bertz CT molecular complexity index is 1260. The highest BCUT2D eigenvalue weighted by Gasteiger charge is 2.51. The third-order valence-electron chi connectivity index (χ3n) is 7.82. The fraction of sp³-hybridized carbons (Fsp3) is 0.448. The summed E-state index contributed by atoms with van der Waals surface area (Å²) in [5.74, 6) is -0.132. The third-order valence-corrected chi connectivity index (χ3v) is 7.82. The number of likely N-dealkylation sites (N-methyl/N-ethyl adjacent to an activating group) is 1. The first kappa shape index (κ1) is 27.0. The van der Waals surface area contributed by atoms with Crippen molar-refractivity contribution in [3.63, 3.8) is 0 Å². The lowest BCUT2D eigenvalue weighted by Crippen LogP contribution is -2.61. The van der Waals surface area contributed by atoms with Crippen molar-refractivity contribution in [2.24, 2.45) is 0 Å². The molecule has 0 aromatic heterocycles. The Balaban J connectivity index is 1.10. The number of imide groups is 1. The van der Waals surface area contributed by atoms with Crippen LogP contribution in [0, 0.1) is 0 Å². The van der Waals surface area contributed by atoms with Crippen LogP contribution in [0.15, 0.2) is 42.5 Å². The van der Waals surface area contributed by atoms with Crippen molar-refractivity contribution in [3.8, 4) is 5.75 Å². The van der Waals surface area contributed by atoms with E-state index in [0.29, 0.717) is 31.7 Å². The highest BCUT2D eigenvalue weighted by molar-refractivity contribution is 6.02. The molecule has 0 aliphatic carbocycles. The van der Waals surface area contributed by atoms with Gasteiger partial charge in [-0.3, -0.25) is 24.6 Å². The fourth-order valence-corrected chi connectivity index (χ4v) is 5.54. The zero-order valence-corrected chi connectivity index (χ0v) is 22.2. The Hall–Kier alpha value is -3.60. The van der Waals surface area contributed by atoms with Crippen LogP contribution in [0.1, 0.15) is 39.9 Å². The number of morpholine rings is 1. The number of piperidine rings is 1. The first-order chi connectivity index (χ1) is 18.8. The molecular weight excluding hydrogens is 500 g/mol. The molecule has 10 nitrogen and oxygen atoms in total. The summed E-state index contributed by atoms with van der Waals surface area (Å²) >= 11 is 0. The van der Waals surface area contributed by atoms with Gasteiger partial charge >= 0.3 is 5.91 Å². The number of amides is 4. The van der Waals surface area contributed by atoms with Gasteiger partial charge in [-0.05, 0) is 35.4 Å². The summed E-state index contributed by atoms with van der Waals surface area (Å²) in [6.07, 6.45) is 0.836. The first-order valence-electron chi connectivity index (χ1n) is 13.5. The van der Waals surface area contributed by atoms with Gasteiger partial charge in [-0.25, -0.2) is 9.28 Å². The molecule has 2 aromatic rings. The number of hydrogen-bond acceptors (Lipinski definition) is 7. The number of ether oxygens (including phenoxy) is 2. The average Bonchev–Trinajstić information content (AvgIpc) is 3.18. The highest BCUT2D eigenvalue weighted by atomic mass is 16.5. The van der Waals surface area contributed by atoms with E-state index in [1.165, 1.54) is 0 Å². The van der Waals surface area contributed by atoms with Gasteiger partial charge in [-0.1, -0.05) is 18.2 Å². The highest BCUT2D eigenvalue weighted by Crippen LogP contribution is 2.34. The summed E-state index contributed by atoms with van der Waals surface area (Å²) in [4.78, 5) is 52.1. The van der Waals surface area contributed by atoms with E-state index in [1.54, 1.807) is 13.1 Å². The Morgan fingerprint density at radius 2 is 1.85 bits per heavy atom. The number of nitrogens with zero attached hydrogens (tertiary/aromatic N) is 2. The van der Waals surface area contributed by atoms with Gasteiger partial charge in [0.2, 0.25) is 11.8 Å². The second kappa shape index (κ2) is 11.6. The smallest absolute Gasteiger partial charge is 0.347 e. The van der Waals surface area contributed by atoms with Crippen molar-refractivity contribution in [1.82, 2.24) is 15.5 Å². The zero-order chi connectivity index (χ0) is 27.4. The monoisotopic (exact) mass is 535 g/mol. The molecule has 3 aliphatic rings. The van der Waals surface area contributed by atoms with E-state index in [4.69, 9.17) is 9.47 Å². The molecule has 3 heterocycles. The minimum Gasteiger partial charge on any atom is -0.492 e. The van der Waals surface area contributed by atoms with E-state index in [9.17, 15) is 19.2 Å². The molecule has 2 fully saturated rings. The number of quaternary nitrogens is 1. The number of fused-ring (bicyclic) bond motifs is 1. The van der Waals surface area contributed by atoms with Gasteiger partial charge in [0.25, 0.3) is 5.91 Å². The van der Waals surface area contributed by atoms with Gasteiger partial charge < -0.3 is 14.8 Å². The molecule has 5 rings (SSSR count). The molecule has 0 bridgehead atoms. The molecule has 0 saturated carbocycles. The van der Waals surface area contributed by atoms with Gasteiger partial charge in [-0.15, -0.1) is 0 Å². The number of nitrogens with one attached hydrogen (secondary N) is 2. The number of rotatable bonds is 9. The normalized spacial score (nSPS) is 23.3. The molecule has 2 saturated heterocycles. The van der Waals surface area contributed by atoms with Crippen molar-refractivity contribution < 1.29 is 33.1 Å². The summed E-state index contributed by atoms with van der Waals surface area (Å²) in [7, 11) is 1.75. The fourth-order valence-electron chi connectivity index (χ4n) is 5.54. The van der Waals surface area contributed by atoms with Crippen LogP contribution < -0.4 is 15.4 Å². The van der Waals surface area contributed by atoms with E-state index in [0.717, 1.165) is 55.3 Å². The molecule has 206 valence electrons. The molecule has 2 N–H and O–H groups in total. The average molecular weight is 536 g/mol. The van der Waals surface area contributed by atoms with Crippen molar-refractivity contribution in [2.75, 3.05) is 46.5 Å². The van der Waals surface area contributed by atoms with Crippen LogP contribution in [0.25, 0.3) is 0 Å². The Labute approximate surface area is 227 Å². The molecule has 3 aliphatic heterocycles. The van der Waals surface area contributed by atoms with Crippen LogP contribution in [0.5, 0.6) is 5.75 Å². The lowest BCUT2D eigenvalue weighted by atomic mass is 10.0. The zero-order valence-electron chi connectivity index (χ0n) is 22.2. The molecule has 0 radical (unpaired) electrons. The summed E-state index contributed by atoms with van der Waals surface area (Å²) < 4.78 is 11.1. The summed E-state index contributed by atoms with van der Waals surface area (Å²) in [5.41, 5.74) is 3.22. The van der Waals surface area contributed by atoms with Crippen LogP contribution in [0.3, 0.4) is 0 Å². The first-order valence-corrected chi connectivity index (χ1v) is 13.5. The molecule has 39 heavy (non-hydrogen) atoms. The van der Waals surface area contributed by atoms with Gasteiger partial charge in [0.05, 0.1) is 32.2 Å². The minimum absolute atomic E-state index is 0.0722. The van der Waals surface area contributed by atoms with Crippen molar-refractivity contribution >= 4 is 23.6 Å². The van der Waals surface area contributed by atoms with E-state index in [1.807, 2.05) is 36.4 Å². The van der Waals surface area contributed by atoms with E-state index >= 15 is 0 Å². The van der Waals surface area contributed by atoms with Gasteiger partial charge in [0.15, 0.2) is 6.04 Å². The maximum atomic E-state index is 13.2. The molecule has 2 aromatic carbocycles. The van der Waals surface area contributed by atoms with Crippen LogP contribution in [-0.2, 0) is 38.6 Å². The largest absolute Gasteiger partial charge is 0.492 e. The van der Waals surface area contributed by atoms with Gasteiger partial charge in [-0.2, -0.15) is 0 Å². The molecule has 10 heteroatoms. The summed E-state index contributed by atoms with van der Waals surface area (Å²) in [5, 5.41) is 5.31. The Kier molecular flexibility index (Phi) is 8.06. The summed E-state index contributed by atoms with van der Waals surface area (Å²) in [6.45, 7) is 5.59. The number of benzene rings is 2. The Morgan fingerprint density at radius 1 is 1.10 bits per heavy atom. The van der Waals surface area contributed by atoms with E-state index < -0.39 is 11.9 Å². The molecule has 2 unspecified atom stereocenters. The van der Waals surface area contributed by atoms with Crippen LogP contribution in [0.2, 0.25) is 0 Å².